The van der Waals surface area contributed by atoms with Gasteiger partial charge >= 0.3 is 0 Å². The van der Waals surface area contributed by atoms with Crippen molar-refractivity contribution < 1.29 is 0 Å². The van der Waals surface area contributed by atoms with Crippen molar-refractivity contribution in [1.82, 2.24) is 15.3 Å². The first kappa shape index (κ1) is 10.6. The third-order valence-electron chi connectivity index (χ3n) is 2.20. The summed E-state index contributed by atoms with van der Waals surface area (Å²) in [7, 11) is 1.92. The minimum atomic E-state index is 0.856. The molecule has 1 aromatic carbocycles. The van der Waals surface area contributed by atoms with Crippen LogP contribution in [0, 0.1) is 11.8 Å². The number of nitrogens with zero attached hydrogens (tertiary/aromatic N) is 2. The fourth-order valence-electron chi connectivity index (χ4n) is 1.39. The van der Waals surface area contributed by atoms with Crippen molar-refractivity contribution in [3.8, 4) is 11.8 Å². The second-order valence-electron chi connectivity index (χ2n) is 3.42. The van der Waals surface area contributed by atoms with Gasteiger partial charge in [-0.05, 0) is 25.2 Å². The van der Waals surface area contributed by atoms with E-state index < -0.39 is 0 Å². The van der Waals surface area contributed by atoms with E-state index in [0.717, 1.165) is 29.6 Å². The average Bonchev–Trinajstić information content (AvgIpc) is 2.34. The molecule has 0 spiro atoms. The van der Waals surface area contributed by atoms with Crippen LogP contribution in [0.5, 0.6) is 0 Å². The lowest BCUT2D eigenvalue weighted by Gasteiger charge is -1.95. The topological polar surface area (TPSA) is 37.8 Å². The summed E-state index contributed by atoms with van der Waals surface area (Å²) in [6.07, 6.45) is 4.25. The van der Waals surface area contributed by atoms with E-state index >= 15 is 0 Å². The SMILES string of the molecule is CNCCC#Cc1ccc2nccnc2c1. The van der Waals surface area contributed by atoms with Gasteiger partial charge in [-0.2, -0.15) is 0 Å². The molecule has 0 saturated carbocycles. The molecule has 1 heterocycles. The fourth-order valence-corrected chi connectivity index (χ4v) is 1.39. The summed E-state index contributed by atoms with van der Waals surface area (Å²) >= 11 is 0. The summed E-state index contributed by atoms with van der Waals surface area (Å²) in [6, 6.07) is 5.89. The molecular weight excluding hydrogens is 198 g/mol. The maximum atomic E-state index is 4.24. The minimum absolute atomic E-state index is 0.856. The summed E-state index contributed by atoms with van der Waals surface area (Å²) in [6.45, 7) is 0.917. The largest absolute Gasteiger partial charge is 0.319 e. The predicted molar refractivity (Wildman–Crippen MR) is 65.0 cm³/mol. The quantitative estimate of drug-likeness (QED) is 0.605. The van der Waals surface area contributed by atoms with Gasteiger partial charge in [0.25, 0.3) is 0 Å². The van der Waals surface area contributed by atoms with Crippen LogP contribution in [0.25, 0.3) is 11.0 Å². The molecule has 0 aliphatic rings. The summed E-state index contributed by atoms with van der Waals surface area (Å²) in [4.78, 5) is 8.45. The molecule has 0 atom stereocenters. The molecule has 3 heteroatoms. The molecule has 0 fully saturated rings. The first-order valence-electron chi connectivity index (χ1n) is 5.24. The van der Waals surface area contributed by atoms with Crippen molar-refractivity contribution in [1.29, 1.82) is 0 Å². The Hall–Kier alpha value is -1.92. The van der Waals surface area contributed by atoms with E-state index in [2.05, 4.69) is 27.1 Å². The smallest absolute Gasteiger partial charge is 0.0899 e. The second kappa shape index (κ2) is 5.24. The number of hydrogen-bond donors (Lipinski definition) is 1. The first-order valence-corrected chi connectivity index (χ1v) is 5.24. The van der Waals surface area contributed by atoms with Crippen LogP contribution < -0.4 is 5.32 Å². The molecule has 16 heavy (non-hydrogen) atoms. The number of aromatic nitrogens is 2. The summed E-state index contributed by atoms with van der Waals surface area (Å²) in [5.41, 5.74) is 2.79. The highest BCUT2D eigenvalue weighted by Crippen LogP contribution is 2.09. The monoisotopic (exact) mass is 211 g/mol. The molecule has 0 bridgehead atoms. The van der Waals surface area contributed by atoms with E-state index in [0.29, 0.717) is 0 Å². The summed E-state index contributed by atoms with van der Waals surface area (Å²) < 4.78 is 0. The molecule has 2 rings (SSSR count). The van der Waals surface area contributed by atoms with Gasteiger partial charge in [0.05, 0.1) is 11.0 Å². The van der Waals surface area contributed by atoms with Crippen LogP contribution in [0.15, 0.2) is 30.6 Å². The van der Waals surface area contributed by atoms with Crippen LogP contribution in [0.3, 0.4) is 0 Å². The Morgan fingerprint density at radius 2 is 2.00 bits per heavy atom. The maximum Gasteiger partial charge on any atom is 0.0899 e. The molecule has 1 N–H and O–H groups in total. The van der Waals surface area contributed by atoms with E-state index in [9.17, 15) is 0 Å². The van der Waals surface area contributed by atoms with Gasteiger partial charge in [-0.15, -0.1) is 0 Å². The standard InChI is InChI=1S/C13H13N3/c1-14-7-3-2-4-11-5-6-12-13(10-11)16-9-8-15-12/h5-6,8-10,14H,3,7H2,1H3. The van der Waals surface area contributed by atoms with Crippen LogP contribution in [0.4, 0.5) is 0 Å². The molecule has 2 aromatic rings. The lowest BCUT2D eigenvalue weighted by molar-refractivity contribution is 0.818. The highest BCUT2D eigenvalue weighted by molar-refractivity contribution is 5.75. The van der Waals surface area contributed by atoms with Crippen LogP contribution in [-0.2, 0) is 0 Å². The van der Waals surface area contributed by atoms with Crippen molar-refractivity contribution in [3.05, 3.63) is 36.2 Å². The third-order valence-corrected chi connectivity index (χ3v) is 2.20. The van der Waals surface area contributed by atoms with Crippen LogP contribution in [0.1, 0.15) is 12.0 Å². The zero-order valence-electron chi connectivity index (χ0n) is 9.20. The molecule has 0 aliphatic carbocycles. The van der Waals surface area contributed by atoms with E-state index in [1.807, 2.05) is 25.2 Å². The van der Waals surface area contributed by atoms with E-state index in [-0.39, 0.29) is 0 Å². The van der Waals surface area contributed by atoms with Crippen LogP contribution in [0.2, 0.25) is 0 Å². The van der Waals surface area contributed by atoms with Crippen molar-refractivity contribution >= 4 is 11.0 Å². The normalized spacial score (nSPS) is 9.81. The van der Waals surface area contributed by atoms with E-state index in [1.165, 1.54) is 0 Å². The lowest BCUT2D eigenvalue weighted by Crippen LogP contribution is -2.05. The van der Waals surface area contributed by atoms with Crippen molar-refractivity contribution in [3.63, 3.8) is 0 Å². The molecular formula is C13H13N3. The summed E-state index contributed by atoms with van der Waals surface area (Å²) in [5.74, 6) is 6.22. The Kier molecular flexibility index (Phi) is 3.47. The lowest BCUT2D eigenvalue weighted by atomic mass is 10.2. The number of hydrogen-bond acceptors (Lipinski definition) is 3. The highest BCUT2D eigenvalue weighted by atomic mass is 14.8. The first-order chi connectivity index (χ1) is 7.90. The van der Waals surface area contributed by atoms with E-state index in [4.69, 9.17) is 0 Å². The minimum Gasteiger partial charge on any atom is -0.319 e. The molecule has 0 unspecified atom stereocenters. The van der Waals surface area contributed by atoms with Crippen molar-refractivity contribution in [2.45, 2.75) is 6.42 Å². The molecule has 0 aliphatic heterocycles. The zero-order chi connectivity index (χ0) is 11.2. The van der Waals surface area contributed by atoms with Gasteiger partial charge in [0, 0.05) is 30.9 Å². The molecule has 0 radical (unpaired) electrons. The van der Waals surface area contributed by atoms with Gasteiger partial charge in [-0.1, -0.05) is 11.8 Å². The molecule has 0 saturated heterocycles. The number of nitrogens with one attached hydrogen (secondary N) is 1. The van der Waals surface area contributed by atoms with Crippen LogP contribution >= 0.6 is 0 Å². The van der Waals surface area contributed by atoms with Gasteiger partial charge in [-0.25, -0.2) is 0 Å². The zero-order valence-corrected chi connectivity index (χ0v) is 9.20. The number of rotatable bonds is 2. The molecule has 3 nitrogen and oxygen atoms in total. The van der Waals surface area contributed by atoms with Crippen molar-refractivity contribution in [2.24, 2.45) is 0 Å². The van der Waals surface area contributed by atoms with Gasteiger partial charge in [0.15, 0.2) is 0 Å². The fraction of sp³-hybridized carbons (Fsp3) is 0.231. The summed E-state index contributed by atoms with van der Waals surface area (Å²) in [5, 5.41) is 3.06. The second-order valence-corrected chi connectivity index (χ2v) is 3.42. The average molecular weight is 211 g/mol. The van der Waals surface area contributed by atoms with Gasteiger partial charge in [0.1, 0.15) is 0 Å². The molecule has 80 valence electrons. The Bertz CT molecular complexity index is 537. The maximum absolute atomic E-state index is 4.24. The predicted octanol–water partition coefficient (Wildman–Crippen LogP) is 1.59. The third kappa shape index (κ3) is 2.56. The highest BCUT2D eigenvalue weighted by Gasteiger charge is 1.94. The molecule has 0 amide bonds. The Balaban J connectivity index is 2.21. The van der Waals surface area contributed by atoms with Gasteiger partial charge in [0.2, 0.25) is 0 Å². The van der Waals surface area contributed by atoms with Crippen LogP contribution in [-0.4, -0.2) is 23.6 Å². The molecule has 1 aromatic heterocycles. The Morgan fingerprint density at radius 3 is 2.81 bits per heavy atom. The van der Waals surface area contributed by atoms with E-state index in [1.54, 1.807) is 12.4 Å². The van der Waals surface area contributed by atoms with Crippen molar-refractivity contribution in [2.75, 3.05) is 13.6 Å². The number of benzene rings is 1. The van der Waals surface area contributed by atoms with Gasteiger partial charge in [-0.3, -0.25) is 9.97 Å². The van der Waals surface area contributed by atoms with Gasteiger partial charge < -0.3 is 5.32 Å². The Morgan fingerprint density at radius 1 is 1.19 bits per heavy atom. The Labute approximate surface area is 94.9 Å². The number of fused-ring (bicyclic) bond motifs is 1.